The van der Waals surface area contributed by atoms with Crippen molar-refractivity contribution in [3.63, 3.8) is 0 Å². The molecule has 0 saturated carbocycles. The monoisotopic (exact) mass is 282 g/mol. The van der Waals surface area contributed by atoms with Gasteiger partial charge in [-0.1, -0.05) is 6.92 Å². The molecule has 4 nitrogen and oxygen atoms in total. The summed E-state index contributed by atoms with van der Waals surface area (Å²) in [5, 5.41) is 0. The number of hydrogen-bond donors (Lipinski definition) is 0. The van der Waals surface area contributed by atoms with E-state index in [9.17, 15) is 0 Å². The first-order valence-electron chi connectivity index (χ1n) is 4.96. The van der Waals surface area contributed by atoms with E-state index in [4.69, 9.17) is 9.15 Å². The summed E-state index contributed by atoms with van der Waals surface area (Å²) < 4.78 is 11.4. The van der Waals surface area contributed by atoms with Crippen molar-refractivity contribution in [2.45, 2.75) is 20.0 Å². The third-order valence-electron chi connectivity index (χ3n) is 1.98. The summed E-state index contributed by atoms with van der Waals surface area (Å²) in [5.74, 6) is 2.08. The number of nitrogens with zero attached hydrogens (tertiary/aromatic N) is 2. The Kier molecular flexibility index (Phi) is 3.56. The van der Waals surface area contributed by atoms with Crippen molar-refractivity contribution in [1.29, 1.82) is 0 Å². The lowest BCUT2D eigenvalue weighted by Gasteiger charge is -2.05. The molecule has 2 aromatic rings. The molecule has 0 fully saturated rings. The topological polar surface area (TPSA) is 48.2 Å². The Bertz CT molecular complexity index is 457. The highest BCUT2D eigenvalue weighted by atomic mass is 79.9. The summed E-state index contributed by atoms with van der Waals surface area (Å²) in [6.45, 7) is 2.37. The Balaban J connectivity index is 2.06. The minimum Gasteiger partial charge on any atom is -0.469 e. The van der Waals surface area contributed by atoms with E-state index in [1.807, 2.05) is 19.1 Å². The molecule has 84 valence electrons. The predicted octanol–water partition coefficient (Wildman–Crippen LogP) is 2.97. The molecule has 0 atom stereocenters. The van der Waals surface area contributed by atoms with Gasteiger partial charge in [0.15, 0.2) is 0 Å². The van der Waals surface area contributed by atoms with Crippen LogP contribution in [0.4, 0.5) is 0 Å². The fraction of sp³-hybridized carbons (Fsp3) is 0.273. The van der Waals surface area contributed by atoms with E-state index in [0.717, 1.165) is 22.6 Å². The molecule has 16 heavy (non-hydrogen) atoms. The standard InChI is InChI=1S/C11H11BrN2O2/c1-2-10-13-9(12)6-11(14-10)16-7-8-4-3-5-15-8/h3-6H,2,7H2,1H3. The van der Waals surface area contributed by atoms with Crippen LogP contribution in [0.3, 0.4) is 0 Å². The van der Waals surface area contributed by atoms with Gasteiger partial charge in [0.1, 0.15) is 22.8 Å². The average Bonchev–Trinajstić information content (AvgIpc) is 2.78. The van der Waals surface area contributed by atoms with Gasteiger partial charge in [-0.3, -0.25) is 0 Å². The molecule has 0 spiro atoms. The highest BCUT2D eigenvalue weighted by Gasteiger charge is 2.03. The summed E-state index contributed by atoms with van der Waals surface area (Å²) in [6, 6.07) is 5.42. The zero-order valence-electron chi connectivity index (χ0n) is 8.81. The zero-order valence-corrected chi connectivity index (χ0v) is 10.4. The number of hydrogen-bond acceptors (Lipinski definition) is 4. The molecule has 0 bridgehead atoms. The van der Waals surface area contributed by atoms with E-state index in [0.29, 0.717) is 12.5 Å². The molecular formula is C11H11BrN2O2. The molecule has 0 radical (unpaired) electrons. The molecule has 0 N–H and O–H groups in total. The molecule has 2 heterocycles. The summed E-state index contributed by atoms with van der Waals surface area (Å²) >= 11 is 3.32. The molecule has 0 aromatic carbocycles. The summed E-state index contributed by atoms with van der Waals surface area (Å²) in [7, 11) is 0. The van der Waals surface area contributed by atoms with Crippen molar-refractivity contribution in [1.82, 2.24) is 9.97 Å². The molecule has 0 aliphatic rings. The quantitative estimate of drug-likeness (QED) is 0.809. The van der Waals surface area contributed by atoms with E-state index in [1.165, 1.54) is 0 Å². The Hall–Kier alpha value is -1.36. The maximum atomic E-state index is 5.50. The van der Waals surface area contributed by atoms with Crippen LogP contribution in [0.15, 0.2) is 33.5 Å². The molecule has 0 unspecified atom stereocenters. The minimum absolute atomic E-state index is 0.375. The lowest BCUT2D eigenvalue weighted by molar-refractivity contribution is 0.259. The first-order valence-corrected chi connectivity index (χ1v) is 5.76. The summed E-state index contributed by atoms with van der Waals surface area (Å²) in [4.78, 5) is 8.45. The smallest absolute Gasteiger partial charge is 0.218 e. The molecule has 2 aromatic heterocycles. The predicted molar refractivity (Wildman–Crippen MR) is 62.2 cm³/mol. The van der Waals surface area contributed by atoms with E-state index in [-0.39, 0.29) is 0 Å². The molecule has 0 amide bonds. The van der Waals surface area contributed by atoms with E-state index in [1.54, 1.807) is 12.3 Å². The van der Waals surface area contributed by atoms with Crippen molar-refractivity contribution in [3.8, 4) is 5.88 Å². The van der Waals surface area contributed by atoms with Crippen molar-refractivity contribution >= 4 is 15.9 Å². The van der Waals surface area contributed by atoms with Crippen LogP contribution < -0.4 is 4.74 Å². The normalized spacial score (nSPS) is 10.4. The van der Waals surface area contributed by atoms with Crippen molar-refractivity contribution in [3.05, 3.63) is 40.7 Å². The minimum atomic E-state index is 0.375. The highest BCUT2D eigenvalue weighted by Crippen LogP contribution is 2.16. The maximum Gasteiger partial charge on any atom is 0.218 e. The second-order valence-electron chi connectivity index (χ2n) is 3.17. The second-order valence-corrected chi connectivity index (χ2v) is 3.98. The fourth-order valence-electron chi connectivity index (χ4n) is 1.21. The van der Waals surface area contributed by atoms with Crippen LogP contribution in [0, 0.1) is 0 Å². The number of furan rings is 1. The van der Waals surface area contributed by atoms with Crippen LogP contribution in [0.5, 0.6) is 5.88 Å². The molecule has 5 heteroatoms. The van der Waals surface area contributed by atoms with Gasteiger partial charge in [-0.25, -0.2) is 4.98 Å². The maximum absolute atomic E-state index is 5.50. The van der Waals surface area contributed by atoms with Crippen LogP contribution in [-0.2, 0) is 13.0 Å². The van der Waals surface area contributed by atoms with Gasteiger partial charge in [0, 0.05) is 12.5 Å². The van der Waals surface area contributed by atoms with Crippen LogP contribution in [0.2, 0.25) is 0 Å². The molecular weight excluding hydrogens is 272 g/mol. The molecule has 0 saturated heterocycles. The van der Waals surface area contributed by atoms with Crippen molar-refractivity contribution in [2.24, 2.45) is 0 Å². The molecule has 0 aliphatic carbocycles. The van der Waals surface area contributed by atoms with Gasteiger partial charge in [0.05, 0.1) is 6.26 Å². The Morgan fingerprint density at radius 1 is 1.44 bits per heavy atom. The van der Waals surface area contributed by atoms with Gasteiger partial charge in [-0.05, 0) is 28.1 Å². The third-order valence-corrected chi connectivity index (χ3v) is 2.38. The number of aryl methyl sites for hydroxylation is 1. The number of aromatic nitrogens is 2. The van der Waals surface area contributed by atoms with Gasteiger partial charge < -0.3 is 9.15 Å². The Morgan fingerprint density at radius 3 is 3.00 bits per heavy atom. The van der Waals surface area contributed by atoms with E-state index in [2.05, 4.69) is 25.9 Å². The van der Waals surface area contributed by atoms with Crippen LogP contribution in [0.1, 0.15) is 18.5 Å². The first kappa shape index (κ1) is 11.1. The lowest BCUT2D eigenvalue weighted by atomic mass is 10.4. The van der Waals surface area contributed by atoms with Gasteiger partial charge in [0.2, 0.25) is 5.88 Å². The van der Waals surface area contributed by atoms with Crippen molar-refractivity contribution in [2.75, 3.05) is 0 Å². The summed E-state index contributed by atoms with van der Waals surface area (Å²) in [6.07, 6.45) is 2.39. The van der Waals surface area contributed by atoms with E-state index >= 15 is 0 Å². The highest BCUT2D eigenvalue weighted by molar-refractivity contribution is 9.10. The van der Waals surface area contributed by atoms with Gasteiger partial charge in [0.25, 0.3) is 0 Å². The number of ether oxygens (including phenoxy) is 1. The Labute approximate surface area is 102 Å². The summed E-state index contributed by atoms with van der Waals surface area (Å²) in [5.41, 5.74) is 0. The van der Waals surface area contributed by atoms with Crippen LogP contribution in [0.25, 0.3) is 0 Å². The number of halogens is 1. The Morgan fingerprint density at radius 2 is 2.31 bits per heavy atom. The largest absolute Gasteiger partial charge is 0.469 e. The SMILES string of the molecule is CCc1nc(Br)cc(OCc2ccco2)n1. The second kappa shape index (κ2) is 5.12. The van der Waals surface area contributed by atoms with Gasteiger partial charge >= 0.3 is 0 Å². The van der Waals surface area contributed by atoms with E-state index < -0.39 is 0 Å². The number of rotatable bonds is 4. The first-order chi connectivity index (χ1) is 7.78. The van der Waals surface area contributed by atoms with Gasteiger partial charge in [-0.15, -0.1) is 0 Å². The zero-order chi connectivity index (χ0) is 11.4. The lowest BCUT2D eigenvalue weighted by Crippen LogP contribution is -2.00. The van der Waals surface area contributed by atoms with Gasteiger partial charge in [-0.2, -0.15) is 4.98 Å². The van der Waals surface area contributed by atoms with Crippen LogP contribution >= 0.6 is 15.9 Å². The van der Waals surface area contributed by atoms with Crippen molar-refractivity contribution < 1.29 is 9.15 Å². The van der Waals surface area contributed by atoms with Crippen LogP contribution in [-0.4, -0.2) is 9.97 Å². The molecule has 2 rings (SSSR count). The molecule has 0 aliphatic heterocycles. The third kappa shape index (κ3) is 2.82. The fourth-order valence-corrected chi connectivity index (χ4v) is 1.61. The average molecular weight is 283 g/mol.